The van der Waals surface area contributed by atoms with E-state index in [1.54, 1.807) is 0 Å². The van der Waals surface area contributed by atoms with Crippen molar-refractivity contribution in [3.05, 3.63) is 46.5 Å². The summed E-state index contributed by atoms with van der Waals surface area (Å²) in [6.45, 7) is 8.34. The molecule has 1 amide bonds. The van der Waals surface area contributed by atoms with Crippen molar-refractivity contribution in [2.24, 2.45) is 7.05 Å². The van der Waals surface area contributed by atoms with Crippen molar-refractivity contribution in [1.82, 2.24) is 19.6 Å². The second-order valence-corrected chi connectivity index (χ2v) is 9.09. The van der Waals surface area contributed by atoms with Crippen LogP contribution in [0.3, 0.4) is 0 Å². The largest absolute Gasteiger partial charge is 0.484 e. The lowest BCUT2D eigenvalue weighted by atomic mass is 9.96. The highest BCUT2D eigenvalue weighted by Crippen LogP contribution is 2.34. The summed E-state index contributed by atoms with van der Waals surface area (Å²) in [6.07, 6.45) is 4.48. The summed E-state index contributed by atoms with van der Waals surface area (Å²) in [4.78, 5) is 17.1. The van der Waals surface area contributed by atoms with Crippen LogP contribution in [-0.2, 0) is 31.2 Å². The fraction of sp³-hybridized carbons (Fsp3) is 0.520. The Morgan fingerprint density at radius 3 is 2.66 bits per heavy atom. The Hall–Kier alpha value is -2.80. The molecule has 1 saturated heterocycles. The van der Waals surface area contributed by atoms with Crippen LogP contribution in [0.25, 0.3) is 11.0 Å². The van der Waals surface area contributed by atoms with Crippen molar-refractivity contribution in [1.29, 1.82) is 0 Å². The van der Waals surface area contributed by atoms with Crippen LogP contribution < -0.4 is 4.74 Å². The average Bonchev–Trinajstić information content (AvgIpc) is 3.29. The first kappa shape index (κ1) is 21.1. The standard InChI is InChI=1S/C25H32N4O3/c1-17-22(18(2)27(3)26-17)15-28-10-12-29(13-11-28)25(30)16-31-19-8-9-24-21(14-19)20-6-4-5-7-23(20)32-24/h8-9,14H,4-7,10-13,15-16H2,1-3H3. The lowest BCUT2D eigenvalue weighted by molar-refractivity contribution is -0.135. The van der Waals surface area contributed by atoms with Gasteiger partial charge < -0.3 is 14.1 Å². The van der Waals surface area contributed by atoms with Gasteiger partial charge in [-0.2, -0.15) is 5.10 Å². The van der Waals surface area contributed by atoms with Gasteiger partial charge in [0.05, 0.1) is 5.69 Å². The lowest BCUT2D eigenvalue weighted by Crippen LogP contribution is -2.49. The molecule has 0 spiro atoms. The van der Waals surface area contributed by atoms with E-state index in [-0.39, 0.29) is 12.5 Å². The number of benzene rings is 1. The lowest BCUT2D eigenvalue weighted by Gasteiger charge is -2.34. The zero-order chi connectivity index (χ0) is 22.2. The van der Waals surface area contributed by atoms with E-state index in [9.17, 15) is 4.79 Å². The maximum atomic E-state index is 12.7. The Morgan fingerprint density at radius 2 is 1.91 bits per heavy atom. The molecule has 0 radical (unpaired) electrons. The van der Waals surface area contributed by atoms with E-state index in [0.29, 0.717) is 0 Å². The van der Waals surface area contributed by atoms with Crippen molar-refractivity contribution < 1.29 is 13.9 Å². The number of ether oxygens (including phenoxy) is 1. The molecule has 1 aliphatic heterocycles. The van der Waals surface area contributed by atoms with E-state index in [2.05, 4.69) is 23.8 Å². The van der Waals surface area contributed by atoms with Crippen LogP contribution in [0.15, 0.2) is 22.6 Å². The number of piperazine rings is 1. The predicted octanol–water partition coefficient (Wildman–Crippen LogP) is 3.39. The first-order valence-electron chi connectivity index (χ1n) is 11.7. The number of fused-ring (bicyclic) bond motifs is 3. The molecule has 3 heterocycles. The third-order valence-corrected chi connectivity index (χ3v) is 7.05. The number of hydrogen-bond acceptors (Lipinski definition) is 5. The van der Waals surface area contributed by atoms with Crippen LogP contribution >= 0.6 is 0 Å². The van der Waals surface area contributed by atoms with Crippen LogP contribution in [0, 0.1) is 13.8 Å². The molecule has 0 N–H and O–H groups in total. The normalized spacial score (nSPS) is 17.0. The monoisotopic (exact) mass is 436 g/mol. The zero-order valence-electron chi connectivity index (χ0n) is 19.3. The Morgan fingerprint density at radius 1 is 1.12 bits per heavy atom. The fourth-order valence-corrected chi connectivity index (χ4v) is 4.99. The van der Waals surface area contributed by atoms with Gasteiger partial charge in [0.25, 0.3) is 5.91 Å². The third-order valence-electron chi connectivity index (χ3n) is 7.05. The molecule has 0 saturated carbocycles. The van der Waals surface area contributed by atoms with Crippen molar-refractivity contribution in [3.8, 4) is 5.75 Å². The molecule has 170 valence electrons. The van der Waals surface area contributed by atoms with E-state index in [0.717, 1.165) is 73.7 Å². The SMILES string of the molecule is Cc1nn(C)c(C)c1CN1CCN(C(=O)COc2ccc3oc4c(c3c2)CCCC4)CC1. The molecule has 32 heavy (non-hydrogen) atoms. The second-order valence-electron chi connectivity index (χ2n) is 9.09. The van der Waals surface area contributed by atoms with Gasteiger partial charge in [0.15, 0.2) is 6.61 Å². The predicted molar refractivity (Wildman–Crippen MR) is 123 cm³/mol. The van der Waals surface area contributed by atoms with Crippen molar-refractivity contribution in [3.63, 3.8) is 0 Å². The molecule has 7 nitrogen and oxygen atoms in total. The molecule has 0 unspecified atom stereocenters. The highest BCUT2D eigenvalue weighted by molar-refractivity contribution is 5.84. The van der Waals surface area contributed by atoms with Crippen LogP contribution in [0.1, 0.15) is 41.1 Å². The van der Waals surface area contributed by atoms with Gasteiger partial charge in [-0.05, 0) is 51.3 Å². The van der Waals surface area contributed by atoms with Gasteiger partial charge in [0.2, 0.25) is 0 Å². The molecule has 2 aromatic heterocycles. The number of nitrogens with zero attached hydrogens (tertiary/aromatic N) is 4. The highest BCUT2D eigenvalue weighted by atomic mass is 16.5. The van der Waals surface area contributed by atoms with Gasteiger partial charge in [-0.1, -0.05) is 0 Å². The van der Waals surface area contributed by atoms with Gasteiger partial charge in [0, 0.05) is 68.4 Å². The average molecular weight is 437 g/mol. The van der Waals surface area contributed by atoms with Gasteiger partial charge in [-0.3, -0.25) is 14.4 Å². The van der Waals surface area contributed by atoms with E-state index >= 15 is 0 Å². The van der Waals surface area contributed by atoms with E-state index < -0.39 is 0 Å². The minimum Gasteiger partial charge on any atom is -0.484 e. The highest BCUT2D eigenvalue weighted by Gasteiger charge is 2.23. The van der Waals surface area contributed by atoms with Crippen LogP contribution in [0.4, 0.5) is 0 Å². The third kappa shape index (κ3) is 4.01. The topological polar surface area (TPSA) is 63.7 Å². The summed E-state index contributed by atoms with van der Waals surface area (Å²) < 4.78 is 13.8. The fourth-order valence-electron chi connectivity index (χ4n) is 4.99. The maximum absolute atomic E-state index is 12.7. The first-order valence-corrected chi connectivity index (χ1v) is 11.7. The number of amides is 1. The second kappa shape index (κ2) is 8.62. The van der Waals surface area contributed by atoms with Crippen molar-refractivity contribution in [2.75, 3.05) is 32.8 Å². The minimum atomic E-state index is 0.0488. The summed E-state index contributed by atoms with van der Waals surface area (Å²) in [7, 11) is 1.99. The molecule has 5 rings (SSSR count). The molecule has 1 aliphatic carbocycles. The Bertz CT molecular complexity index is 1140. The Balaban J connectivity index is 1.15. The number of carbonyl (C=O) groups is 1. The molecule has 0 bridgehead atoms. The van der Waals surface area contributed by atoms with Gasteiger partial charge >= 0.3 is 0 Å². The summed E-state index contributed by atoms with van der Waals surface area (Å²) >= 11 is 0. The first-order chi connectivity index (χ1) is 15.5. The smallest absolute Gasteiger partial charge is 0.260 e. The van der Waals surface area contributed by atoms with Crippen molar-refractivity contribution in [2.45, 2.75) is 46.1 Å². The van der Waals surface area contributed by atoms with Gasteiger partial charge in [-0.25, -0.2) is 0 Å². The summed E-state index contributed by atoms with van der Waals surface area (Å²) in [5.41, 5.74) is 5.84. The minimum absolute atomic E-state index is 0.0488. The van der Waals surface area contributed by atoms with Gasteiger partial charge in [-0.15, -0.1) is 0 Å². The number of rotatable bonds is 5. The van der Waals surface area contributed by atoms with Crippen LogP contribution in [-0.4, -0.2) is 58.3 Å². The molecule has 3 aromatic rings. The number of hydrogen-bond donors (Lipinski definition) is 0. The molecule has 7 heteroatoms. The number of aromatic nitrogens is 2. The van der Waals surface area contributed by atoms with E-state index in [1.165, 1.54) is 29.7 Å². The van der Waals surface area contributed by atoms with Gasteiger partial charge in [0.1, 0.15) is 17.1 Å². The maximum Gasteiger partial charge on any atom is 0.260 e. The van der Waals surface area contributed by atoms with E-state index in [1.807, 2.05) is 34.8 Å². The quantitative estimate of drug-likeness (QED) is 0.614. The number of furan rings is 1. The molecular formula is C25H32N4O3. The molecule has 2 aliphatic rings. The van der Waals surface area contributed by atoms with Crippen LogP contribution in [0.5, 0.6) is 5.75 Å². The molecule has 1 aromatic carbocycles. The van der Waals surface area contributed by atoms with Crippen molar-refractivity contribution >= 4 is 16.9 Å². The molecule has 1 fully saturated rings. The zero-order valence-corrected chi connectivity index (χ0v) is 19.3. The van der Waals surface area contributed by atoms with Crippen LogP contribution in [0.2, 0.25) is 0 Å². The van der Waals surface area contributed by atoms with E-state index in [4.69, 9.17) is 9.15 Å². The summed E-state index contributed by atoms with van der Waals surface area (Å²) in [5, 5.41) is 5.65. The summed E-state index contributed by atoms with van der Waals surface area (Å²) in [5.74, 6) is 1.91. The molecule has 0 atom stereocenters. The Kier molecular flexibility index (Phi) is 5.67. The molecular weight excluding hydrogens is 404 g/mol. The Labute approximate surface area is 188 Å². The number of aryl methyl sites for hydroxylation is 4. The number of carbonyl (C=O) groups excluding carboxylic acids is 1. The summed E-state index contributed by atoms with van der Waals surface area (Å²) in [6, 6.07) is 5.91.